The second-order valence-corrected chi connectivity index (χ2v) is 4.97. The van der Waals surface area contributed by atoms with E-state index in [9.17, 15) is 0 Å². The maximum atomic E-state index is 6.06. The van der Waals surface area contributed by atoms with E-state index in [1.807, 2.05) is 6.07 Å². The van der Waals surface area contributed by atoms with Gasteiger partial charge in [-0.3, -0.25) is 0 Å². The Morgan fingerprint density at radius 1 is 0.778 bits per heavy atom. The van der Waals surface area contributed by atoms with E-state index in [-0.39, 0.29) is 0 Å². The highest BCUT2D eigenvalue weighted by molar-refractivity contribution is 5.75. The van der Waals surface area contributed by atoms with Crippen LogP contribution in [0.5, 0.6) is 0 Å². The molecule has 0 unspecified atom stereocenters. The van der Waals surface area contributed by atoms with Gasteiger partial charge in [-0.25, -0.2) is 0 Å². The minimum absolute atomic E-state index is 0.790. The molecule has 0 fully saturated rings. The zero-order chi connectivity index (χ0) is 13.3. The van der Waals surface area contributed by atoms with Crippen LogP contribution >= 0.6 is 0 Å². The quantitative estimate of drug-likeness (QED) is 0.770. The number of nitrogens with two attached hydrogens (primary N) is 1. The molecule has 94 valence electrons. The molecule has 0 saturated carbocycles. The standard InChI is InChI=1S/C16H20N2/c1-10-5-6-15(13(4)7-10)18-16-9-12(3)11(2)8-14(16)17/h5-9,18H,17H2,1-4H3. The van der Waals surface area contributed by atoms with Crippen LogP contribution in [0.2, 0.25) is 0 Å². The number of anilines is 3. The van der Waals surface area contributed by atoms with Crippen LogP contribution in [-0.4, -0.2) is 0 Å². The molecule has 0 bridgehead atoms. The van der Waals surface area contributed by atoms with Crippen LogP contribution in [0, 0.1) is 27.7 Å². The number of aryl methyl sites for hydroxylation is 4. The molecule has 0 aliphatic heterocycles. The smallest absolute Gasteiger partial charge is 0.0620 e. The maximum absolute atomic E-state index is 6.06. The molecule has 0 aromatic heterocycles. The summed E-state index contributed by atoms with van der Waals surface area (Å²) in [5, 5.41) is 3.41. The molecule has 2 nitrogen and oxygen atoms in total. The van der Waals surface area contributed by atoms with Crippen LogP contribution in [-0.2, 0) is 0 Å². The van der Waals surface area contributed by atoms with Gasteiger partial charge < -0.3 is 11.1 Å². The molecular weight excluding hydrogens is 220 g/mol. The lowest BCUT2D eigenvalue weighted by atomic mass is 10.1. The van der Waals surface area contributed by atoms with E-state index in [2.05, 4.69) is 57.3 Å². The van der Waals surface area contributed by atoms with Gasteiger partial charge in [-0.2, -0.15) is 0 Å². The van der Waals surface area contributed by atoms with Crippen molar-refractivity contribution in [2.45, 2.75) is 27.7 Å². The molecule has 0 aliphatic rings. The van der Waals surface area contributed by atoms with Crippen molar-refractivity contribution in [1.82, 2.24) is 0 Å². The van der Waals surface area contributed by atoms with E-state index < -0.39 is 0 Å². The summed E-state index contributed by atoms with van der Waals surface area (Å²) in [7, 11) is 0. The predicted molar refractivity (Wildman–Crippen MR) is 79.5 cm³/mol. The summed E-state index contributed by atoms with van der Waals surface area (Å²) in [6, 6.07) is 10.5. The Hall–Kier alpha value is -1.96. The van der Waals surface area contributed by atoms with Gasteiger partial charge in [0.25, 0.3) is 0 Å². The Morgan fingerprint density at radius 3 is 2.11 bits per heavy atom. The molecule has 3 N–H and O–H groups in total. The van der Waals surface area contributed by atoms with Crippen molar-refractivity contribution in [3.63, 3.8) is 0 Å². The summed E-state index contributed by atoms with van der Waals surface area (Å²) in [5.41, 5.74) is 13.9. The molecule has 2 rings (SSSR count). The molecule has 0 atom stereocenters. The van der Waals surface area contributed by atoms with E-state index >= 15 is 0 Å². The van der Waals surface area contributed by atoms with Gasteiger partial charge in [0.1, 0.15) is 0 Å². The average Bonchev–Trinajstić information content (AvgIpc) is 2.29. The number of hydrogen-bond donors (Lipinski definition) is 2. The second-order valence-electron chi connectivity index (χ2n) is 4.97. The number of hydrogen-bond acceptors (Lipinski definition) is 2. The largest absolute Gasteiger partial charge is 0.397 e. The second kappa shape index (κ2) is 4.73. The zero-order valence-electron chi connectivity index (χ0n) is 11.5. The van der Waals surface area contributed by atoms with Gasteiger partial charge in [-0.05, 0) is 62.6 Å². The first-order chi connectivity index (χ1) is 8.47. The van der Waals surface area contributed by atoms with E-state index in [0.717, 1.165) is 17.1 Å². The van der Waals surface area contributed by atoms with Crippen LogP contribution in [0.25, 0.3) is 0 Å². The lowest BCUT2D eigenvalue weighted by molar-refractivity contribution is 1.33. The Morgan fingerprint density at radius 2 is 1.44 bits per heavy atom. The molecule has 2 aromatic carbocycles. The Labute approximate surface area is 109 Å². The summed E-state index contributed by atoms with van der Waals surface area (Å²) in [4.78, 5) is 0. The van der Waals surface area contributed by atoms with Gasteiger partial charge in [0.15, 0.2) is 0 Å². The molecule has 0 radical (unpaired) electrons. The van der Waals surface area contributed by atoms with Crippen LogP contribution in [0.3, 0.4) is 0 Å². The zero-order valence-corrected chi connectivity index (χ0v) is 11.5. The number of nitrogens with one attached hydrogen (secondary N) is 1. The third-order valence-electron chi connectivity index (χ3n) is 3.32. The van der Waals surface area contributed by atoms with Crippen molar-refractivity contribution in [3.8, 4) is 0 Å². The van der Waals surface area contributed by atoms with Gasteiger partial charge in [0.05, 0.1) is 11.4 Å². The number of nitrogen functional groups attached to an aromatic ring is 1. The van der Waals surface area contributed by atoms with Crippen LogP contribution < -0.4 is 11.1 Å². The first kappa shape index (κ1) is 12.5. The normalized spacial score (nSPS) is 10.4. The molecule has 0 amide bonds. The molecular formula is C16H20N2. The first-order valence-electron chi connectivity index (χ1n) is 6.18. The minimum atomic E-state index is 0.790. The van der Waals surface area contributed by atoms with Gasteiger partial charge in [0.2, 0.25) is 0 Å². The summed E-state index contributed by atoms with van der Waals surface area (Å²) in [6.07, 6.45) is 0. The van der Waals surface area contributed by atoms with Crippen molar-refractivity contribution in [2.24, 2.45) is 0 Å². The van der Waals surface area contributed by atoms with Gasteiger partial charge in [0, 0.05) is 5.69 Å². The van der Waals surface area contributed by atoms with Crippen molar-refractivity contribution in [1.29, 1.82) is 0 Å². The molecule has 0 saturated heterocycles. The van der Waals surface area contributed by atoms with Crippen LogP contribution in [0.15, 0.2) is 30.3 Å². The molecule has 2 aromatic rings. The highest BCUT2D eigenvalue weighted by Gasteiger charge is 2.04. The fourth-order valence-electron chi connectivity index (χ4n) is 2.05. The highest BCUT2D eigenvalue weighted by atomic mass is 14.9. The predicted octanol–water partition coefficient (Wildman–Crippen LogP) is 4.25. The Bertz CT molecular complexity index is 586. The summed E-state index contributed by atoms with van der Waals surface area (Å²) >= 11 is 0. The fraction of sp³-hybridized carbons (Fsp3) is 0.250. The van der Waals surface area contributed by atoms with E-state index in [4.69, 9.17) is 5.73 Å². The third-order valence-corrected chi connectivity index (χ3v) is 3.32. The third kappa shape index (κ3) is 2.48. The lowest BCUT2D eigenvalue weighted by Gasteiger charge is -2.14. The molecule has 2 heteroatoms. The van der Waals surface area contributed by atoms with Crippen molar-refractivity contribution in [2.75, 3.05) is 11.1 Å². The SMILES string of the molecule is Cc1ccc(Nc2cc(C)c(C)cc2N)c(C)c1. The molecule has 0 aliphatic carbocycles. The summed E-state index contributed by atoms with van der Waals surface area (Å²) in [6.45, 7) is 8.38. The monoisotopic (exact) mass is 240 g/mol. The number of rotatable bonds is 2. The van der Waals surface area contributed by atoms with Crippen LogP contribution in [0.4, 0.5) is 17.1 Å². The van der Waals surface area contributed by atoms with E-state index in [1.54, 1.807) is 0 Å². The first-order valence-corrected chi connectivity index (χ1v) is 6.18. The van der Waals surface area contributed by atoms with Gasteiger partial charge >= 0.3 is 0 Å². The topological polar surface area (TPSA) is 38.0 Å². The van der Waals surface area contributed by atoms with Gasteiger partial charge in [-0.1, -0.05) is 17.7 Å². The Balaban J connectivity index is 2.37. The molecule has 18 heavy (non-hydrogen) atoms. The molecule has 0 spiro atoms. The summed E-state index contributed by atoms with van der Waals surface area (Å²) < 4.78 is 0. The van der Waals surface area contributed by atoms with Gasteiger partial charge in [-0.15, -0.1) is 0 Å². The van der Waals surface area contributed by atoms with Crippen molar-refractivity contribution in [3.05, 3.63) is 52.6 Å². The summed E-state index contributed by atoms with van der Waals surface area (Å²) in [5.74, 6) is 0. The lowest BCUT2D eigenvalue weighted by Crippen LogP contribution is -1.99. The van der Waals surface area contributed by atoms with Crippen molar-refractivity contribution >= 4 is 17.1 Å². The average molecular weight is 240 g/mol. The minimum Gasteiger partial charge on any atom is -0.397 e. The van der Waals surface area contributed by atoms with E-state index in [1.165, 1.54) is 22.3 Å². The molecule has 0 heterocycles. The number of benzene rings is 2. The highest BCUT2D eigenvalue weighted by Crippen LogP contribution is 2.28. The fourth-order valence-corrected chi connectivity index (χ4v) is 2.05. The van der Waals surface area contributed by atoms with E-state index in [0.29, 0.717) is 0 Å². The Kier molecular flexibility index (Phi) is 3.28. The maximum Gasteiger partial charge on any atom is 0.0620 e. The van der Waals surface area contributed by atoms with Crippen molar-refractivity contribution < 1.29 is 0 Å². The van der Waals surface area contributed by atoms with Crippen LogP contribution in [0.1, 0.15) is 22.3 Å².